The van der Waals surface area contributed by atoms with E-state index in [0.717, 1.165) is 11.3 Å². The number of benzene rings is 2. The highest BCUT2D eigenvalue weighted by Crippen LogP contribution is 2.21. The summed E-state index contributed by atoms with van der Waals surface area (Å²) in [5.74, 6) is 0.933. The van der Waals surface area contributed by atoms with Crippen LogP contribution in [0.2, 0.25) is 0 Å². The zero-order chi connectivity index (χ0) is 15.2. The van der Waals surface area contributed by atoms with Crippen LogP contribution in [0.4, 0.5) is 16.2 Å². The summed E-state index contributed by atoms with van der Waals surface area (Å²) in [7, 11) is 0. The van der Waals surface area contributed by atoms with E-state index in [1.165, 1.54) is 6.07 Å². The second kappa shape index (κ2) is 6.65. The Kier molecular flexibility index (Phi) is 4.66. The largest absolute Gasteiger partial charge is 0.508 e. The van der Waals surface area contributed by atoms with Gasteiger partial charge in [0, 0.05) is 11.4 Å². The summed E-state index contributed by atoms with van der Waals surface area (Å²) in [5, 5.41) is 14.8. The molecule has 110 valence electrons. The summed E-state index contributed by atoms with van der Waals surface area (Å²) in [6, 6.07) is 11.6. The zero-order valence-electron chi connectivity index (χ0n) is 12.0. The predicted octanol–water partition coefficient (Wildman–Crippen LogP) is 3.74. The number of anilines is 2. The van der Waals surface area contributed by atoms with Gasteiger partial charge >= 0.3 is 6.03 Å². The lowest BCUT2D eigenvalue weighted by Gasteiger charge is -2.10. The van der Waals surface area contributed by atoms with Crippen LogP contribution in [-0.4, -0.2) is 17.7 Å². The van der Waals surface area contributed by atoms with Crippen molar-refractivity contribution in [1.29, 1.82) is 0 Å². The van der Waals surface area contributed by atoms with Crippen LogP contribution in [0.25, 0.3) is 0 Å². The summed E-state index contributed by atoms with van der Waals surface area (Å²) in [5.41, 5.74) is 2.11. The van der Waals surface area contributed by atoms with Crippen LogP contribution >= 0.6 is 0 Å². The number of aryl methyl sites for hydroxylation is 1. The maximum absolute atomic E-state index is 11.9. The molecule has 2 amide bonds. The molecule has 0 aliphatic carbocycles. The number of carbonyl (C=O) groups is 1. The normalized spacial score (nSPS) is 10.0. The first kappa shape index (κ1) is 14.7. The SMILES string of the molecule is CCOc1ccc(NC(=O)Nc2ccc(O)cc2C)cc1. The number of phenols is 1. The van der Waals surface area contributed by atoms with Gasteiger partial charge in [0.1, 0.15) is 11.5 Å². The molecule has 5 nitrogen and oxygen atoms in total. The smallest absolute Gasteiger partial charge is 0.323 e. The van der Waals surface area contributed by atoms with Gasteiger partial charge in [0.2, 0.25) is 0 Å². The maximum Gasteiger partial charge on any atom is 0.323 e. The minimum atomic E-state index is -0.340. The third kappa shape index (κ3) is 4.14. The fourth-order valence-electron chi connectivity index (χ4n) is 1.87. The topological polar surface area (TPSA) is 70.6 Å². The minimum absolute atomic E-state index is 0.171. The minimum Gasteiger partial charge on any atom is -0.508 e. The first-order valence-electron chi connectivity index (χ1n) is 6.69. The number of amides is 2. The molecule has 2 aromatic carbocycles. The molecule has 0 aliphatic heterocycles. The van der Waals surface area contributed by atoms with Crippen molar-refractivity contribution in [3.05, 3.63) is 48.0 Å². The molecule has 2 rings (SSSR count). The average Bonchev–Trinajstić information content (AvgIpc) is 2.44. The van der Waals surface area contributed by atoms with Crippen LogP contribution in [-0.2, 0) is 0 Å². The van der Waals surface area contributed by atoms with E-state index in [4.69, 9.17) is 4.74 Å². The molecule has 0 radical (unpaired) electrons. The van der Waals surface area contributed by atoms with Gasteiger partial charge in [0.05, 0.1) is 6.61 Å². The highest BCUT2D eigenvalue weighted by Gasteiger charge is 2.05. The molecular formula is C16H18N2O3. The number of rotatable bonds is 4. The van der Waals surface area contributed by atoms with Gasteiger partial charge in [-0.1, -0.05) is 0 Å². The van der Waals surface area contributed by atoms with E-state index >= 15 is 0 Å². The van der Waals surface area contributed by atoms with Gasteiger partial charge in [-0.15, -0.1) is 0 Å². The molecule has 0 unspecified atom stereocenters. The number of ether oxygens (including phenoxy) is 1. The molecule has 0 bridgehead atoms. The van der Waals surface area contributed by atoms with Gasteiger partial charge in [-0.3, -0.25) is 0 Å². The van der Waals surface area contributed by atoms with Crippen molar-refractivity contribution in [2.45, 2.75) is 13.8 Å². The van der Waals surface area contributed by atoms with Crippen molar-refractivity contribution in [2.24, 2.45) is 0 Å². The van der Waals surface area contributed by atoms with E-state index in [9.17, 15) is 9.90 Å². The molecule has 2 aromatic rings. The molecule has 0 atom stereocenters. The van der Waals surface area contributed by atoms with E-state index in [1.807, 2.05) is 13.8 Å². The Morgan fingerprint density at radius 3 is 2.48 bits per heavy atom. The van der Waals surface area contributed by atoms with E-state index in [0.29, 0.717) is 18.0 Å². The summed E-state index contributed by atoms with van der Waals surface area (Å²) in [4.78, 5) is 11.9. The molecule has 0 saturated carbocycles. The number of urea groups is 1. The molecule has 21 heavy (non-hydrogen) atoms. The third-order valence-electron chi connectivity index (χ3n) is 2.88. The van der Waals surface area contributed by atoms with Crippen molar-refractivity contribution in [1.82, 2.24) is 0 Å². The van der Waals surface area contributed by atoms with Gasteiger partial charge in [0.25, 0.3) is 0 Å². The predicted molar refractivity (Wildman–Crippen MR) is 83.1 cm³/mol. The van der Waals surface area contributed by atoms with Crippen molar-refractivity contribution in [2.75, 3.05) is 17.2 Å². The molecule has 0 fully saturated rings. The number of carbonyl (C=O) groups excluding carboxylic acids is 1. The quantitative estimate of drug-likeness (QED) is 0.750. The Hall–Kier alpha value is -2.69. The molecule has 0 spiro atoms. The Labute approximate surface area is 123 Å². The fraction of sp³-hybridized carbons (Fsp3) is 0.188. The monoisotopic (exact) mass is 286 g/mol. The Balaban J connectivity index is 1.98. The lowest BCUT2D eigenvalue weighted by molar-refractivity contribution is 0.262. The van der Waals surface area contributed by atoms with Crippen LogP contribution in [0, 0.1) is 6.92 Å². The van der Waals surface area contributed by atoms with Crippen molar-refractivity contribution in [3.63, 3.8) is 0 Å². The van der Waals surface area contributed by atoms with Gasteiger partial charge in [-0.05, 0) is 61.9 Å². The molecule has 5 heteroatoms. The van der Waals surface area contributed by atoms with E-state index in [1.54, 1.807) is 36.4 Å². The zero-order valence-corrected chi connectivity index (χ0v) is 12.0. The molecule has 0 aliphatic rings. The standard InChI is InChI=1S/C16H18N2O3/c1-3-21-14-7-4-12(5-8-14)17-16(20)18-15-9-6-13(19)10-11(15)2/h4-10,19H,3H2,1-2H3,(H2,17,18,20). The van der Waals surface area contributed by atoms with Crippen LogP contribution in [0.15, 0.2) is 42.5 Å². The Morgan fingerprint density at radius 2 is 1.86 bits per heavy atom. The highest BCUT2D eigenvalue weighted by molar-refractivity contribution is 6.00. The Morgan fingerprint density at radius 1 is 1.14 bits per heavy atom. The highest BCUT2D eigenvalue weighted by atomic mass is 16.5. The maximum atomic E-state index is 11.9. The second-order valence-corrected chi connectivity index (χ2v) is 4.54. The summed E-state index contributed by atoms with van der Waals surface area (Å²) in [6.07, 6.45) is 0. The van der Waals surface area contributed by atoms with Crippen LogP contribution in [0.5, 0.6) is 11.5 Å². The first-order chi connectivity index (χ1) is 10.1. The molecule has 0 heterocycles. The number of hydrogen-bond donors (Lipinski definition) is 3. The van der Waals surface area contributed by atoms with Crippen LogP contribution in [0.3, 0.4) is 0 Å². The summed E-state index contributed by atoms with van der Waals surface area (Å²) >= 11 is 0. The third-order valence-corrected chi connectivity index (χ3v) is 2.88. The van der Waals surface area contributed by atoms with Crippen LogP contribution in [0.1, 0.15) is 12.5 Å². The lowest BCUT2D eigenvalue weighted by atomic mass is 10.2. The van der Waals surface area contributed by atoms with Crippen LogP contribution < -0.4 is 15.4 Å². The van der Waals surface area contributed by atoms with Gasteiger partial charge < -0.3 is 20.5 Å². The fourth-order valence-corrected chi connectivity index (χ4v) is 1.87. The van der Waals surface area contributed by atoms with Gasteiger partial charge in [-0.2, -0.15) is 0 Å². The van der Waals surface area contributed by atoms with Gasteiger partial charge in [-0.25, -0.2) is 4.79 Å². The van der Waals surface area contributed by atoms with Crippen molar-refractivity contribution < 1.29 is 14.6 Å². The molecule has 0 aromatic heterocycles. The molecular weight excluding hydrogens is 268 g/mol. The first-order valence-corrected chi connectivity index (χ1v) is 6.69. The molecule has 3 N–H and O–H groups in total. The number of phenolic OH excluding ortho intramolecular Hbond substituents is 1. The Bertz CT molecular complexity index is 624. The summed E-state index contributed by atoms with van der Waals surface area (Å²) < 4.78 is 5.34. The lowest BCUT2D eigenvalue weighted by Crippen LogP contribution is -2.19. The van der Waals surface area contributed by atoms with E-state index in [-0.39, 0.29) is 11.8 Å². The summed E-state index contributed by atoms with van der Waals surface area (Å²) in [6.45, 7) is 4.33. The number of hydrogen-bond acceptors (Lipinski definition) is 3. The number of nitrogens with one attached hydrogen (secondary N) is 2. The van der Waals surface area contributed by atoms with E-state index in [2.05, 4.69) is 10.6 Å². The van der Waals surface area contributed by atoms with Crippen molar-refractivity contribution >= 4 is 17.4 Å². The number of aromatic hydroxyl groups is 1. The molecule has 0 saturated heterocycles. The van der Waals surface area contributed by atoms with Gasteiger partial charge in [0.15, 0.2) is 0 Å². The second-order valence-electron chi connectivity index (χ2n) is 4.54. The van der Waals surface area contributed by atoms with E-state index < -0.39 is 0 Å². The van der Waals surface area contributed by atoms with Crippen molar-refractivity contribution in [3.8, 4) is 11.5 Å². The average molecular weight is 286 g/mol.